The normalized spacial score (nSPS) is 18.7. The molecule has 0 aliphatic carbocycles. The maximum Gasteiger partial charge on any atom is 0.495 e. The summed E-state index contributed by atoms with van der Waals surface area (Å²) in [5.41, 5.74) is 3.81. The summed E-state index contributed by atoms with van der Waals surface area (Å²) in [5, 5.41) is 5.47. The Bertz CT molecular complexity index is 1420. The molecule has 1 aliphatic heterocycles. The molecule has 2 aromatic heterocycles. The first-order valence-corrected chi connectivity index (χ1v) is 10.4. The first kappa shape index (κ1) is 17.6. The Morgan fingerprint density at radius 3 is 2.00 bits per heavy atom. The number of aromatic nitrogens is 1. The van der Waals surface area contributed by atoms with E-state index in [1.165, 1.54) is 21.7 Å². The number of hydrogen-bond acceptors (Lipinski definition) is 2. The Kier molecular flexibility index (Phi) is 3.31. The summed E-state index contributed by atoms with van der Waals surface area (Å²) >= 11 is 6.60. The number of nitrogens with zero attached hydrogens (tertiary/aromatic N) is 1. The van der Waals surface area contributed by atoms with Gasteiger partial charge < -0.3 is 13.7 Å². The molecular formula is C24H21BClNO2. The number of para-hydroxylation sites is 1. The van der Waals surface area contributed by atoms with Gasteiger partial charge in [-0.05, 0) is 51.4 Å². The highest BCUT2D eigenvalue weighted by Crippen LogP contribution is 2.42. The molecule has 0 N–H and O–H groups in total. The van der Waals surface area contributed by atoms with Crippen LogP contribution in [0.25, 0.3) is 38.1 Å². The van der Waals surface area contributed by atoms with Crippen LogP contribution in [0, 0.1) is 0 Å². The second-order valence-corrected chi connectivity index (χ2v) is 9.41. The van der Waals surface area contributed by atoms with Crippen molar-refractivity contribution in [2.45, 2.75) is 38.9 Å². The summed E-state index contributed by atoms with van der Waals surface area (Å²) in [4.78, 5) is 0. The Balaban J connectivity index is 1.74. The molecular weight excluding hydrogens is 381 g/mol. The van der Waals surface area contributed by atoms with Crippen molar-refractivity contribution < 1.29 is 9.31 Å². The van der Waals surface area contributed by atoms with Gasteiger partial charge in [0.05, 0.1) is 32.8 Å². The van der Waals surface area contributed by atoms with Crippen LogP contribution in [0.1, 0.15) is 27.7 Å². The van der Waals surface area contributed by atoms with Gasteiger partial charge >= 0.3 is 7.12 Å². The van der Waals surface area contributed by atoms with E-state index in [1.807, 2.05) is 12.1 Å². The zero-order chi connectivity index (χ0) is 20.1. The van der Waals surface area contributed by atoms with Crippen molar-refractivity contribution >= 4 is 62.3 Å². The zero-order valence-corrected chi connectivity index (χ0v) is 17.7. The fraction of sp³-hybridized carbons (Fsp3) is 0.250. The molecule has 0 unspecified atom stereocenters. The minimum absolute atomic E-state index is 0.374. The molecule has 144 valence electrons. The van der Waals surface area contributed by atoms with Gasteiger partial charge in [-0.15, -0.1) is 0 Å². The third-order valence-corrected chi connectivity index (χ3v) is 7.17. The average Bonchev–Trinajstić information content (AvgIpc) is 3.26. The lowest BCUT2D eigenvalue weighted by Crippen LogP contribution is -2.41. The third kappa shape index (κ3) is 2.12. The molecule has 1 aliphatic rings. The summed E-state index contributed by atoms with van der Waals surface area (Å²) in [6.45, 7) is 8.37. The van der Waals surface area contributed by atoms with E-state index in [-0.39, 0.29) is 11.2 Å². The third-order valence-electron chi connectivity index (χ3n) is 6.85. The SMILES string of the molecule is CC1(C)OB(c2cccc3c2c2cccc4c5c(Cl)cccc5n3c42)OC1(C)C. The summed E-state index contributed by atoms with van der Waals surface area (Å²) in [6, 6.07) is 19.0. The van der Waals surface area contributed by atoms with Gasteiger partial charge in [-0.1, -0.05) is 48.0 Å². The molecule has 3 nitrogen and oxygen atoms in total. The van der Waals surface area contributed by atoms with Gasteiger partial charge in [0.15, 0.2) is 0 Å². The van der Waals surface area contributed by atoms with E-state index in [0.29, 0.717) is 0 Å². The van der Waals surface area contributed by atoms with Gasteiger partial charge in [-0.3, -0.25) is 0 Å². The Morgan fingerprint density at radius 1 is 0.759 bits per heavy atom. The van der Waals surface area contributed by atoms with Crippen LogP contribution in [0.4, 0.5) is 0 Å². The molecule has 3 aromatic carbocycles. The van der Waals surface area contributed by atoms with E-state index < -0.39 is 7.12 Å². The summed E-state index contributed by atoms with van der Waals surface area (Å²) in [7, 11) is -0.398. The topological polar surface area (TPSA) is 22.9 Å². The molecule has 0 saturated carbocycles. The number of hydrogen-bond donors (Lipinski definition) is 0. The van der Waals surface area contributed by atoms with E-state index in [1.54, 1.807) is 0 Å². The van der Waals surface area contributed by atoms with Gasteiger partial charge in [-0.25, -0.2) is 0 Å². The number of fused-ring (bicyclic) bond motifs is 6. The van der Waals surface area contributed by atoms with Crippen LogP contribution < -0.4 is 5.46 Å². The van der Waals surface area contributed by atoms with Crippen molar-refractivity contribution in [2.75, 3.05) is 0 Å². The lowest BCUT2D eigenvalue weighted by molar-refractivity contribution is 0.00578. The lowest BCUT2D eigenvalue weighted by atomic mass is 9.76. The minimum atomic E-state index is -0.398. The number of benzene rings is 3. The largest absolute Gasteiger partial charge is 0.495 e. The van der Waals surface area contributed by atoms with Gasteiger partial charge in [0, 0.05) is 21.5 Å². The van der Waals surface area contributed by atoms with E-state index in [2.05, 4.69) is 74.6 Å². The Hall–Kier alpha value is -2.27. The van der Waals surface area contributed by atoms with Gasteiger partial charge in [0.25, 0.3) is 0 Å². The van der Waals surface area contributed by atoms with Crippen LogP contribution in [-0.2, 0) is 9.31 Å². The average molecular weight is 402 g/mol. The van der Waals surface area contributed by atoms with E-state index in [4.69, 9.17) is 20.9 Å². The quantitative estimate of drug-likeness (QED) is 0.332. The van der Waals surface area contributed by atoms with Crippen molar-refractivity contribution in [3.8, 4) is 0 Å². The van der Waals surface area contributed by atoms with Gasteiger partial charge in [-0.2, -0.15) is 0 Å². The molecule has 5 aromatic rings. The smallest absolute Gasteiger partial charge is 0.399 e. The molecule has 0 radical (unpaired) electrons. The van der Waals surface area contributed by atoms with Crippen molar-refractivity contribution in [2.24, 2.45) is 0 Å². The first-order chi connectivity index (χ1) is 13.8. The molecule has 0 atom stereocenters. The predicted molar refractivity (Wildman–Crippen MR) is 122 cm³/mol. The molecule has 1 saturated heterocycles. The number of rotatable bonds is 1. The molecule has 0 amide bonds. The molecule has 0 spiro atoms. The van der Waals surface area contributed by atoms with E-state index in [9.17, 15) is 0 Å². The summed E-state index contributed by atoms with van der Waals surface area (Å²) < 4.78 is 15.1. The fourth-order valence-electron chi connectivity index (χ4n) is 4.73. The maximum atomic E-state index is 6.60. The highest BCUT2D eigenvalue weighted by molar-refractivity contribution is 6.66. The van der Waals surface area contributed by atoms with Crippen LogP contribution in [0.3, 0.4) is 0 Å². The maximum absolute atomic E-state index is 6.60. The Labute approximate surface area is 174 Å². The van der Waals surface area contributed by atoms with Crippen molar-refractivity contribution in [1.82, 2.24) is 4.40 Å². The van der Waals surface area contributed by atoms with Crippen molar-refractivity contribution in [1.29, 1.82) is 0 Å². The summed E-state index contributed by atoms with van der Waals surface area (Å²) in [5.74, 6) is 0. The van der Waals surface area contributed by atoms with Gasteiger partial charge in [0.2, 0.25) is 0 Å². The molecule has 3 heterocycles. The molecule has 0 bridgehead atoms. The standard InChI is InChI=1S/C24H21BClNO2/c1-23(2)24(3,4)29-25(28-23)16-10-6-12-18-20(16)14-8-5-9-15-21-17(26)11-7-13-19(21)27(18)22(14)15/h5-13H,1-4H3. The second kappa shape index (κ2) is 5.45. The zero-order valence-electron chi connectivity index (χ0n) is 16.9. The Morgan fingerprint density at radius 2 is 1.31 bits per heavy atom. The van der Waals surface area contributed by atoms with Crippen molar-refractivity contribution in [3.05, 3.63) is 59.6 Å². The van der Waals surface area contributed by atoms with Gasteiger partial charge in [0.1, 0.15) is 0 Å². The summed E-state index contributed by atoms with van der Waals surface area (Å²) in [6.07, 6.45) is 0. The van der Waals surface area contributed by atoms with Crippen LogP contribution in [0.15, 0.2) is 54.6 Å². The second-order valence-electron chi connectivity index (χ2n) is 9.00. The first-order valence-electron chi connectivity index (χ1n) is 10.0. The highest BCUT2D eigenvalue weighted by atomic mass is 35.5. The molecule has 29 heavy (non-hydrogen) atoms. The monoisotopic (exact) mass is 401 g/mol. The van der Waals surface area contributed by atoms with Crippen LogP contribution in [0.5, 0.6) is 0 Å². The predicted octanol–water partition coefficient (Wildman–Crippen LogP) is 5.79. The molecule has 5 heteroatoms. The van der Waals surface area contributed by atoms with Crippen molar-refractivity contribution in [3.63, 3.8) is 0 Å². The minimum Gasteiger partial charge on any atom is -0.399 e. The lowest BCUT2D eigenvalue weighted by Gasteiger charge is -2.32. The fourth-order valence-corrected chi connectivity index (χ4v) is 5.00. The van der Waals surface area contributed by atoms with Crippen LogP contribution in [-0.4, -0.2) is 22.7 Å². The van der Waals surface area contributed by atoms with E-state index in [0.717, 1.165) is 26.9 Å². The highest BCUT2D eigenvalue weighted by Gasteiger charge is 2.52. The number of halogens is 1. The van der Waals surface area contributed by atoms with Crippen LogP contribution in [0.2, 0.25) is 5.02 Å². The molecule has 1 fully saturated rings. The van der Waals surface area contributed by atoms with E-state index >= 15 is 0 Å². The molecule has 6 rings (SSSR count). The van der Waals surface area contributed by atoms with Crippen LogP contribution >= 0.6 is 11.6 Å².